The average Bonchev–Trinajstić information content (AvgIpc) is 2.94. The number of rotatable bonds is 3. The van der Waals surface area contributed by atoms with E-state index < -0.39 is 0 Å². The monoisotopic (exact) mass is 347 g/mol. The Bertz CT molecular complexity index is 1010. The van der Waals surface area contributed by atoms with Crippen LogP contribution in [0.1, 0.15) is 31.8 Å². The van der Waals surface area contributed by atoms with Crippen LogP contribution in [0.3, 0.4) is 0 Å². The molecule has 0 spiro atoms. The predicted octanol–water partition coefficient (Wildman–Crippen LogP) is 4.48. The maximum atomic E-state index is 12.7. The summed E-state index contributed by atoms with van der Waals surface area (Å²) in [7, 11) is 0. The van der Waals surface area contributed by atoms with E-state index in [1.165, 1.54) is 0 Å². The molecule has 0 aromatic heterocycles. The van der Waals surface area contributed by atoms with Crippen LogP contribution in [0.4, 0.5) is 0 Å². The number of carbonyl (C=O) groups is 2. The minimum atomic E-state index is -0.280. The number of fused-ring (bicyclic) bond motifs is 3. The molecule has 0 aliphatic heterocycles. The number of carbonyl (C=O) groups excluding carboxylic acids is 2. The van der Waals surface area contributed by atoms with Crippen molar-refractivity contribution in [1.82, 2.24) is 5.32 Å². The van der Waals surface area contributed by atoms with Crippen LogP contribution in [0.25, 0.3) is 11.1 Å². The summed E-state index contributed by atoms with van der Waals surface area (Å²) >= 11 is 6.13. The van der Waals surface area contributed by atoms with Crippen molar-refractivity contribution in [1.29, 1.82) is 0 Å². The lowest BCUT2D eigenvalue weighted by molar-refractivity contribution is 0.0940. The summed E-state index contributed by atoms with van der Waals surface area (Å²) in [6.07, 6.45) is 0. The Morgan fingerprint density at radius 3 is 2.32 bits per heavy atom. The molecule has 3 aromatic carbocycles. The second-order valence-electron chi connectivity index (χ2n) is 5.88. The number of benzene rings is 3. The predicted molar refractivity (Wildman–Crippen MR) is 97.9 cm³/mol. The van der Waals surface area contributed by atoms with Crippen LogP contribution in [-0.2, 0) is 6.54 Å². The Morgan fingerprint density at radius 1 is 0.840 bits per heavy atom. The summed E-state index contributed by atoms with van der Waals surface area (Å²) in [4.78, 5) is 25.4. The van der Waals surface area contributed by atoms with E-state index in [4.69, 9.17) is 11.6 Å². The van der Waals surface area contributed by atoms with Gasteiger partial charge in [0.25, 0.3) is 5.91 Å². The molecule has 1 aliphatic carbocycles. The molecule has 0 unspecified atom stereocenters. The molecule has 25 heavy (non-hydrogen) atoms. The molecule has 1 amide bonds. The largest absolute Gasteiger partial charge is 0.348 e. The van der Waals surface area contributed by atoms with Gasteiger partial charge in [0.05, 0.1) is 5.56 Å². The highest BCUT2D eigenvalue weighted by Gasteiger charge is 2.30. The standard InChI is InChI=1S/C21H14ClNO2/c22-18-11-4-1-6-13(18)12-23-21(25)17-10-5-9-15-14-7-2-3-8-16(14)20(24)19(15)17/h1-11H,12H2,(H,23,25). The molecular weight excluding hydrogens is 334 g/mol. The van der Waals surface area contributed by atoms with E-state index in [1.807, 2.05) is 42.5 Å². The van der Waals surface area contributed by atoms with Gasteiger partial charge >= 0.3 is 0 Å². The van der Waals surface area contributed by atoms with E-state index in [2.05, 4.69) is 5.32 Å². The van der Waals surface area contributed by atoms with E-state index in [0.717, 1.165) is 16.7 Å². The Morgan fingerprint density at radius 2 is 1.52 bits per heavy atom. The lowest BCUT2D eigenvalue weighted by atomic mass is 10.0. The molecule has 0 saturated carbocycles. The lowest BCUT2D eigenvalue weighted by Crippen LogP contribution is -2.24. The molecule has 4 heteroatoms. The molecule has 0 radical (unpaired) electrons. The second-order valence-corrected chi connectivity index (χ2v) is 6.28. The highest BCUT2D eigenvalue weighted by molar-refractivity contribution is 6.31. The SMILES string of the molecule is O=C(NCc1ccccc1Cl)c1cccc2c1C(=O)c1ccccc1-2. The summed E-state index contributed by atoms with van der Waals surface area (Å²) in [5.74, 6) is -0.382. The van der Waals surface area contributed by atoms with E-state index in [9.17, 15) is 9.59 Å². The number of ketones is 1. The molecule has 0 heterocycles. The van der Waals surface area contributed by atoms with Crippen LogP contribution in [-0.4, -0.2) is 11.7 Å². The molecule has 0 fully saturated rings. The summed E-state index contributed by atoms with van der Waals surface area (Å²) in [5, 5.41) is 3.46. The molecule has 1 N–H and O–H groups in total. The number of amides is 1. The lowest BCUT2D eigenvalue weighted by Gasteiger charge is -2.10. The zero-order chi connectivity index (χ0) is 17.4. The number of hydrogen-bond donors (Lipinski definition) is 1. The number of nitrogens with one attached hydrogen (secondary N) is 1. The van der Waals surface area contributed by atoms with Crippen LogP contribution >= 0.6 is 11.6 Å². The second kappa shape index (κ2) is 6.19. The van der Waals surface area contributed by atoms with Gasteiger partial charge in [0.2, 0.25) is 0 Å². The molecule has 3 aromatic rings. The Labute approximate surface area is 150 Å². The third kappa shape index (κ3) is 2.63. The van der Waals surface area contributed by atoms with Crippen LogP contribution < -0.4 is 5.32 Å². The van der Waals surface area contributed by atoms with Crippen LogP contribution in [0.5, 0.6) is 0 Å². The molecule has 3 nitrogen and oxygen atoms in total. The zero-order valence-electron chi connectivity index (χ0n) is 13.3. The first-order valence-corrected chi connectivity index (χ1v) is 8.33. The topological polar surface area (TPSA) is 46.2 Å². The minimum Gasteiger partial charge on any atom is -0.348 e. The van der Waals surface area contributed by atoms with Gasteiger partial charge in [-0.05, 0) is 28.8 Å². The van der Waals surface area contributed by atoms with Crippen molar-refractivity contribution in [2.45, 2.75) is 6.54 Å². The van der Waals surface area contributed by atoms with Crippen molar-refractivity contribution >= 4 is 23.3 Å². The van der Waals surface area contributed by atoms with Gasteiger partial charge in [-0.2, -0.15) is 0 Å². The highest BCUT2D eigenvalue weighted by Crippen LogP contribution is 2.38. The van der Waals surface area contributed by atoms with Gasteiger partial charge in [0.1, 0.15) is 0 Å². The number of hydrogen-bond acceptors (Lipinski definition) is 2. The van der Waals surface area contributed by atoms with Gasteiger partial charge in [-0.3, -0.25) is 9.59 Å². The molecule has 4 rings (SSSR count). The first kappa shape index (κ1) is 15.6. The Balaban J connectivity index is 1.66. The van der Waals surface area contributed by atoms with Gasteiger partial charge in [-0.1, -0.05) is 66.2 Å². The highest BCUT2D eigenvalue weighted by atomic mass is 35.5. The summed E-state index contributed by atoms with van der Waals surface area (Å²) in [6, 6.07) is 20.1. The summed E-state index contributed by atoms with van der Waals surface area (Å²) in [5.41, 5.74) is 4.03. The van der Waals surface area contributed by atoms with Crippen molar-refractivity contribution in [2.24, 2.45) is 0 Å². The summed E-state index contributed by atoms with van der Waals surface area (Å²) in [6.45, 7) is 0.309. The smallest absolute Gasteiger partial charge is 0.252 e. The fourth-order valence-electron chi connectivity index (χ4n) is 3.17. The first-order chi connectivity index (χ1) is 12.2. The number of halogens is 1. The summed E-state index contributed by atoms with van der Waals surface area (Å²) < 4.78 is 0. The van der Waals surface area contributed by atoms with Gasteiger partial charge in [-0.25, -0.2) is 0 Å². The first-order valence-electron chi connectivity index (χ1n) is 7.95. The van der Waals surface area contributed by atoms with E-state index in [0.29, 0.717) is 28.3 Å². The normalized spacial score (nSPS) is 11.8. The Kier molecular flexibility index (Phi) is 3.86. The fraction of sp³-hybridized carbons (Fsp3) is 0.0476. The van der Waals surface area contributed by atoms with Crippen molar-refractivity contribution in [3.05, 3.63) is 94.0 Å². The molecule has 0 atom stereocenters. The molecule has 0 saturated heterocycles. The maximum Gasteiger partial charge on any atom is 0.252 e. The van der Waals surface area contributed by atoms with Gasteiger partial charge < -0.3 is 5.32 Å². The van der Waals surface area contributed by atoms with E-state index >= 15 is 0 Å². The van der Waals surface area contributed by atoms with Gasteiger partial charge in [-0.15, -0.1) is 0 Å². The third-order valence-corrected chi connectivity index (χ3v) is 4.76. The van der Waals surface area contributed by atoms with Crippen molar-refractivity contribution < 1.29 is 9.59 Å². The quantitative estimate of drug-likeness (QED) is 0.594. The molecule has 122 valence electrons. The Hall–Kier alpha value is -2.91. The van der Waals surface area contributed by atoms with Crippen molar-refractivity contribution in [2.75, 3.05) is 0 Å². The zero-order valence-corrected chi connectivity index (χ0v) is 14.0. The van der Waals surface area contributed by atoms with E-state index in [1.54, 1.807) is 24.3 Å². The van der Waals surface area contributed by atoms with Crippen LogP contribution in [0.2, 0.25) is 5.02 Å². The maximum absolute atomic E-state index is 12.7. The van der Waals surface area contributed by atoms with Gasteiger partial charge in [0.15, 0.2) is 5.78 Å². The molecular formula is C21H14ClNO2. The minimum absolute atomic E-state index is 0.103. The van der Waals surface area contributed by atoms with Crippen molar-refractivity contribution in [3.63, 3.8) is 0 Å². The molecule has 1 aliphatic rings. The third-order valence-electron chi connectivity index (χ3n) is 4.40. The van der Waals surface area contributed by atoms with Crippen molar-refractivity contribution in [3.8, 4) is 11.1 Å². The van der Waals surface area contributed by atoms with E-state index in [-0.39, 0.29) is 11.7 Å². The molecule has 0 bridgehead atoms. The van der Waals surface area contributed by atoms with Crippen LogP contribution in [0.15, 0.2) is 66.7 Å². The average molecular weight is 348 g/mol. The van der Waals surface area contributed by atoms with Crippen LogP contribution in [0, 0.1) is 0 Å². The van der Waals surface area contributed by atoms with Gasteiger partial charge in [0, 0.05) is 22.7 Å². The fourth-order valence-corrected chi connectivity index (χ4v) is 3.38.